The maximum atomic E-state index is 12.1. The van der Waals surface area contributed by atoms with Crippen molar-refractivity contribution in [3.8, 4) is 11.4 Å². The Balaban J connectivity index is 1.64. The molecule has 0 fully saturated rings. The summed E-state index contributed by atoms with van der Waals surface area (Å²) in [4.78, 5) is 23.5. The molecule has 0 aliphatic carbocycles. The quantitative estimate of drug-likeness (QED) is 0.654. The van der Waals surface area contributed by atoms with Gasteiger partial charge in [0.05, 0.1) is 18.4 Å². The van der Waals surface area contributed by atoms with Gasteiger partial charge in [-0.15, -0.1) is 10.2 Å². The molecule has 1 heterocycles. The lowest BCUT2D eigenvalue weighted by molar-refractivity contribution is -0.118. The van der Waals surface area contributed by atoms with Crippen LogP contribution in [0.5, 0.6) is 5.75 Å². The maximum absolute atomic E-state index is 12.1. The SMILES string of the molecule is COC(=O)c1ccc(NC(=O)COc2ccc(Cl)cc2-n2cnnc2)cc1. The molecule has 0 aliphatic rings. The minimum absolute atomic E-state index is 0.213. The number of amides is 1. The van der Waals surface area contributed by atoms with Gasteiger partial charge in [0.25, 0.3) is 5.91 Å². The zero-order valence-electron chi connectivity index (χ0n) is 14.3. The van der Waals surface area contributed by atoms with Gasteiger partial charge < -0.3 is 14.8 Å². The van der Waals surface area contributed by atoms with Crippen LogP contribution in [0.2, 0.25) is 5.02 Å². The lowest BCUT2D eigenvalue weighted by atomic mass is 10.2. The van der Waals surface area contributed by atoms with Gasteiger partial charge in [-0.25, -0.2) is 4.79 Å². The molecule has 1 aromatic heterocycles. The summed E-state index contributed by atoms with van der Waals surface area (Å²) >= 11 is 6.03. The van der Waals surface area contributed by atoms with E-state index in [2.05, 4.69) is 20.3 Å². The molecule has 0 radical (unpaired) electrons. The normalized spacial score (nSPS) is 10.3. The van der Waals surface area contributed by atoms with Crippen molar-refractivity contribution >= 4 is 29.2 Å². The molecule has 138 valence electrons. The topological polar surface area (TPSA) is 95.3 Å². The van der Waals surface area contributed by atoms with E-state index in [1.807, 2.05) is 0 Å². The number of benzene rings is 2. The molecule has 27 heavy (non-hydrogen) atoms. The molecule has 3 aromatic rings. The molecule has 8 nitrogen and oxygen atoms in total. The van der Waals surface area contributed by atoms with Gasteiger partial charge in [0, 0.05) is 10.7 Å². The average molecular weight is 387 g/mol. The third-order valence-corrected chi connectivity index (χ3v) is 3.80. The van der Waals surface area contributed by atoms with Crippen molar-refractivity contribution in [2.24, 2.45) is 0 Å². The summed E-state index contributed by atoms with van der Waals surface area (Å²) in [6, 6.07) is 11.3. The zero-order valence-corrected chi connectivity index (χ0v) is 15.0. The van der Waals surface area contributed by atoms with Crippen LogP contribution in [0.1, 0.15) is 10.4 Å². The number of halogens is 1. The number of hydrogen-bond acceptors (Lipinski definition) is 6. The summed E-state index contributed by atoms with van der Waals surface area (Å²) in [5, 5.41) is 10.7. The van der Waals surface area contributed by atoms with Crippen molar-refractivity contribution in [2.45, 2.75) is 0 Å². The Morgan fingerprint density at radius 2 is 1.81 bits per heavy atom. The van der Waals surface area contributed by atoms with Gasteiger partial charge in [-0.3, -0.25) is 9.36 Å². The Labute approximate surface area is 159 Å². The van der Waals surface area contributed by atoms with Crippen LogP contribution in [0.15, 0.2) is 55.1 Å². The largest absolute Gasteiger partial charge is 0.482 e. The standard InChI is InChI=1S/C18H15ClN4O4/c1-26-18(25)12-2-5-14(6-3-12)22-17(24)9-27-16-7-4-13(19)8-15(16)23-10-20-21-11-23/h2-8,10-11H,9H2,1H3,(H,22,24). The van der Waals surface area contributed by atoms with E-state index in [1.54, 1.807) is 47.0 Å². The van der Waals surface area contributed by atoms with E-state index >= 15 is 0 Å². The average Bonchev–Trinajstić information content (AvgIpc) is 3.21. The first-order valence-electron chi connectivity index (χ1n) is 7.82. The summed E-state index contributed by atoms with van der Waals surface area (Å²) < 4.78 is 11.9. The molecule has 1 N–H and O–H groups in total. The van der Waals surface area contributed by atoms with Gasteiger partial charge in [-0.1, -0.05) is 11.6 Å². The molecule has 0 bridgehead atoms. The second-order valence-corrected chi connectivity index (χ2v) is 5.82. The highest BCUT2D eigenvalue weighted by atomic mass is 35.5. The van der Waals surface area contributed by atoms with Crippen molar-refractivity contribution in [1.82, 2.24) is 14.8 Å². The number of anilines is 1. The fourth-order valence-electron chi connectivity index (χ4n) is 2.29. The van der Waals surface area contributed by atoms with Gasteiger partial charge in [0.15, 0.2) is 6.61 Å². The molecular formula is C18H15ClN4O4. The Hall–Kier alpha value is -3.39. The predicted octanol–water partition coefficient (Wildman–Crippen LogP) is 2.72. The summed E-state index contributed by atoms with van der Waals surface area (Å²) in [7, 11) is 1.31. The van der Waals surface area contributed by atoms with E-state index in [9.17, 15) is 9.59 Å². The molecule has 0 saturated heterocycles. The second kappa shape index (κ2) is 8.33. The number of esters is 1. The monoisotopic (exact) mass is 386 g/mol. The minimum Gasteiger partial charge on any atom is -0.482 e. The number of rotatable bonds is 6. The summed E-state index contributed by atoms with van der Waals surface area (Å²) in [5.74, 6) is -0.346. The van der Waals surface area contributed by atoms with Gasteiger partial charge in [-0.2, -0.15) is 0 Å². The van der Waals surface area contributed by atoms with Gasteiger partial charge in [-0.05, 0) is 42.5 Å². The highest BCUT2D eigenvalue weighted by Crippen LogP contribution is 2.26. The predicted molar refractivity (Wildman–Crippen MR) is 98.3 cm³/mol. The van der Waals surface area contributed by atoms with Crippen molar-refractivity contribution in [3.63, 3.8) is 0 Å². The molecule has 1 amide bonds. The molecule has 0 spiro atoms. The first-order chi connectivity index (χ1) is 13.1. The van der Waals surface area contributed by atoms with Crippen LogP contribution >= 0.6 is 11.6 Å². The Kier molecular flexibility index (Phi) is 5.68. The number of hydrogen-bond donors (Lipinski definition) is 1. The number of methoxy groups -OCH3 is 1. The van der Waals surface area contributed by atoms with Crippen molar-refractivity contribution in [2.75, 3.05) is 19.0 Å². The van der Waals surface area contributed by atoms with E-state index in [0.29, 0.717) is 27.7 Å². The Bertz CT molecular complexity index is 943. The molecule has 0 unspecified atom stereocenters. The molecule has 0 aliphatic heterocycles. The molecule has 0 saturated carbocycles. The zero-order chi connectivity index (χ0) is 19.2. The molecule has 9 heteroatoms. The summed E-state index contributed by atoms with van der Waals surface area (Å²) in [6.07, 6.45) is 3.00. The van der Waals surface area contributed by atoms with Crippen LogP contribution in [0.3, 0.4) is 0 Å². The number of carbonyl (C=O) groups is 2. The lowest BCUT2D eigenvalue weighted by Gasteiger charge is -2.12. The third-order valence-electron chi connectivity index (χ3n) is 3.57. The number of nitrogens with zero attached hydrogens (tertiary/aromatic N) is 3. The molecular weight excluding hydrogens is 372 g/mol. The van der Waals surface area contributed by atoms with Crippen LogP contribution < -0.4 is 10.1 Å². The highest BCUT2D eigenvalue weighted by molar-refractivity contribution is 6.30. The molecule has 2 aromatic carbocycles. The third kappa shape index (κ3) is 4.62. The number of carbonyl (C=O) groups excluding carboxylic acids is 2. The van der Waals surface area contributed by atoms with Gasteiger partial charge in [0.1, 0.15) is 18.4 Å². The number of nitrogens with one attached hydrogen (secondary N) is 1. The number of ether oxygens (including phenoxy) is 2. The van der Waals surface area contributed by atoms with Gasteiger partial charge >= 0.3 is 5.97 Å². The van der Waals surface area contributed by atoms with Crippen LogP contribution in [-0.4, -0.2) is 40.4 Å². The van der Waals surface area contributed by atoms with E-state index in [-0.39, 0.29) is 12.5 Å². The fourth-order valence-corrected chi connectivity index (χ4v) is 2.45. The van der Waals surface area contributed by atoms with Crippen molar-refractivity contribution in [3.05, 3.63) is 65.7 Å². The smallest absolute Gasteiger partial charge is 0.337 e. The van der Waals surface area contributed by atoms with E-state index < -0.39 is 5.97 Å². The fraction of sp³-hybridized carbons (Fsp3) is 0.111. The molecule has 3 rings (SSSR count). The molecule has 0 atom stereocenters. The van der Waals surface area contributed by atoms with E-state index in [4.69, 9.17) is 16.3 Å². The summed E-state index contributed by atoms with van der Waals surface area (Å²) in [5.41, 5.74) is 1.54. The number of aromatic nitrogens is 3. The maximum Gasteiger partial charge on any atom is 0.337 e. The Morgan fingerprint density at radius 3 is 2.48 bits per heavy atom. The van der Waals surface area contributed by atoms with Crippen molar-refractivity contribution < 1.29 is 19.1 Å². The Morgan fingerprint density at radius 1 is 1.11 bits per heavy atom. The highest BCUT2D eigenvalue weighted by Gasteiger charge is 2.11. The van der Waals surface area contributed by atoms with Crippen LogP contribution in [0.25, 0.3) is 5.69 Å². The second-order valence-electron chi connectivity index (χ2n) is 5.39. The lowest BCUT2D eigenvalue weighted by Crippen LogP contribution is -2.20. The van der Waals surface area contributed by atoms with Crippen LogP contribution in [0.4, 0.5) is 5.69 Å². The van der Waals surface area contributed by atoms with Crippen LogP contribution in [0, 0.1) is 0 Å². The minimum atomic E-state index is -0.444. The van der Waals surface area contributed by atoms with Gasteiger partial charge in [0.2, 0.25) is 0 Å². The first-order valence-corrected chi connectivity index (χ1v) is 8.20. The van der Waals surface area contributed by atoms with E-state index in [1.165, 1.54) is 19.8 Å². The van der Waals surface area contributed by atoms with E-state index in [0.717, 1.165) is 0 Å². The first kappa shape index (κ1) is 18.4. The summed E-state index contributed by atoms with van der Waals surface area (Å²) in [6.45, 7) is -0.213. The van der Waals surface area contributed by atoms with Crippen molar-refractivity contribution in [1.29, 1.82) is 0 Å². The van der Waals surface area contributed by atoms with Crippen LogP contribution in [-0.2, 0) is 9.53 Å².